The van der Waals surface area contributed by atoms with Gasteiger partial charge in [0.2, 0.25) is 0 Å². The molecule has 8 heavy (non-hydrogen) atoms. The van der Waals surface area contributed by atoms with Crippen molar-refractivity contribution in [2.45, 2.75) is 0 Å². The van der Waals surface area contributed by atoms with Gasteiger partial charge >= 0.3 is 64.6 Å². The predicted octanol–water partition coefficient (Wildman–Crippen LogP) is 4.13. The van der Waals surface area contributed by atoms with E-state index in [-0.39, 0.29) is 19.5 Å². The molecular weight excluding hydrogens is 419 g/mol. The van der Waals surface area contributed by atoms with Gasteiger partial charge in [0, 0.05) is 19.5 Å². The fraction of sp³-hybridized carbons (Fsp3) is 0. The zero-order valence-electron chi connectivity index (χ0n) is 2.93. The molecule has 0 aromatic rings. The summed E-state index contributed by atoms with van der Waals surface area (Å²) in [5, 5.41) is 0. The summed E-state index contributed by atoms with van der Waals surface area (Å²) >= 11 is 0. The summed E-state index contributed by atoms with van der Waals surface area (Å²) in [6.07, 6.45) is 0. The summed E-state index contributed by atoms with van der Waals surface area (Å²) in [5.74, 6) is 0. The van der Waals surface area contributed by atoms with Crippen LogP contribution in [-0.2, 0) is 26.0 Å². The Balaban J connectivity index is 0. The van der Waals surface area contributed by atoms with Crippen LogP contribution in [0, 0.1) is 0 Å². The molecule has 0 aromatic heterocycles. The first-order chi connectivity index (χ1) is 2.45. The summed E-state index contributed by atoms with van der Waals surface area (Å²) in [4.78, 5) is 0. The van der Waals surface area contributed by atoms with E-state index in [9.17, 15) is 0 Å². The van der Waals surface area contributed by atoms with Crippen molar-refractivity contribution in [2.75, 3.05) is 0 Å². The minimum absolute atomic E-state index is 0. The van der Waals surface area contributed by atoms with Crippen molar-refractivity contribution in [3.8, 4) is 0 Å². The van der Waals surface area contributed by atoms with E-state index in [1.54, 1.807) is 0 Å². The van der Waals surface area contributed by atoms with Crippen molar-refractivity contribution in [2.24, 2.45) is 0 Å². The van der Waals surface area contributed by atoms with E-state index >= 15 is 0 Å². The van der Waals surface area contributed by atoms with Crippen LogP contribution in [0.3, 0.4) is 0 Å². The Hall–Kier alpha value is 2.99. The van der Waals surface area contributed by atoms with Gasteiger partial charge in [-0.05, 0) is 0 Å². The van der Waals surface area contributed by atoms with Crippen molar-refractivity contribution >= 4 is 58.1 Å². The molecule has 0 heterocycles. The Morgan fingerprint density at radius 2 is 0.625 bits per heavy atom. The first-order valence-corrected chi connectivity index (χ1v) is 13.4. The fourth-order valence-electron chi connectivity index (χ4n) is 0. The average Bonchev–Trinajstić information content (AvgIpc) is 0.592. The molecule has 0 fully saturated rings. The normalized spacial score (nSPS) is 20.2. The zero-order valence-corrected chi connectivity index (χ0v) is 10.7. The van der Waals surface area contributed by atoms with Gasteiger partial charge in [-0.15, -0.1) is 0 Å². The van der Waals surface area contributed by atoms with Crippen molar-refractivity contribution in [3.05, 3.63) is 0 Å². The summed E-state index contributed by atoms with van der Waals surface area (Å²) in [6, 6.07) is 0. The predicted molar refractivity (Wildman–Crippen MR) is 35.1 cm³/mol. The van der Waals surface area contributed by atoms with E-state index in [1.807, 2.05) is 0 Å². The Morgan fingerprint density at radius 3 is 0.625 bits per heavy atom. The number of hydrogen-bond acceptors (Lipinski definition) is 0. The second-order valence-corrected chi connectivity index (χ2v) is 38.0. The van der Waals surface area contributed by atoms with Crippen LogP contribution in [-0.4, -0.2) is 0 Å². The van der Waals surface area contributed by atoms with Gasteiger partial charge in [-0.25, -0.2) is 0 Å². The smallest absolute Gasteiger partial charge is 0 e. The monoisotopic (exact) mass is 416 g/mol. The summed E-state index contributed by atoms with van der Waals surface area (Å²) in [5.41, 5.74) is 0. The third-order valence-electron chi connectivity index (χ3n) is 0. The molecule has 8 heteroatoms. The molecule has 0 aliphatic heterocycles. The molecule has 0 aliphatic carbocycles. The third-order valence-corrected chi connectivity index (χ3v) is 0. The van der Waals surface area contributed by atoms with Gasteiger partial charge < -0.3 is 0 Å². The Bertz CT molecular complexity index is 65.1. The Kier molecular flexibility index (Phi) is 4.23. The van der Waals surface area contributed by atoms with Gasteiger partial charge in [0.05, 0.1) is 0 Å². The van der Waals surface area contributed by atoms with Crippen LogP contribution in [0.5, 0.6) is 0 Å². The Labute approximate surface area is 82.8 Å². The fourth-order valence-corrected chi connectivity index (χ4v) is 0. The Morgan fingerprint density at radius 1 is 0.625 bits per heavy atom. The minimum Gasteiger partial charge on any atom is 0 e. The number of halogens is 6. The number of rotatable bonds is 0. The van der Waals surface area contributed by atoms with Gasteiger partial charge in [0.15, 0.2) is 0 Å². The molecule has 0 spiro atoms. The van der Waals surface area contributed by atoms with E-state index in [0.717, 1.165) is 0 Å². The molecule has 0 rings (SSSR count). The van der Waals surface area contributed by atoms with E-state index in [0.29, 0.717) is 0 Å². The molecular formula is Cl6Rh2. The third kappa shape index (κ3) is 64.3. The van der Waals surface area contributed by atoms with Crippen molar-refractivity contribution < 1.29 is 26.0 Å². The second-order valence-electron chi connectivity index (χ2n) is 0.714. The second kappa shape index (κ2) is 2.49. The van der Waals surface area contributed by atoms with Crippen LogP contribution < -0.4 is 0 Å². The molecule has 60 valence electrons. The average molecular weight is 419 g/mol. The number of hydrogen-bond donors (Lipinski definition) is 0. The van der Waals surface area contributed by atoms with Crippen LogP contribution in [0.2, 0.25) is 0 Å². The van der Waals surface area contributed by atoms with Gasteiger partial charge in [0.25, 0.3) is 0 Å². The van der Waals surface area contributed by atoms with Gasteiger partial charge in [-0.2, -0.15) is 0 Å². The molecule has 0 nitrogen and oxygen atoms in total. The molecule has 1 radical (unpaired) electrons. The molecule has 0 amide bonds. The maximum atomic E-state index is 5.04. The molecule has 0 aromatic carbocycles. The van der Waals surface area contributed by atoms with Crippen LogP contribution >= 0.6 is 58.1 Å². The topological polar surface area (TPSA) is 0 Å². The molecule has 0 aliphatic rings. The largest absolute Gasteiger partial charge is 0 e. The minimum atomic E-state index is -5.15. The molecule has 0 atom stereocenters. The van der Waals surface area contributed by atoms with E-state index in [2.05, 4.69) is 0 Å². The standard InChI is InChI=1S/6ClH.2Rh/h6*1H;;/q;;;;;;;+6/p-6. The van der Waals surface area contributed by atoms with Gasteiger partial charge in [-0.1, -0.05) is 0 Å². The molecule has 0 saturated carbocycles. The molecule has 0 bridgehead atoms. The van der Waals surface area contributed by atoms with Crippen molar-refractivity contribution in [3.63, 3.8) is 0 Å². The van der Waals surface area contributed by atoms with Crippen LogP contribution in [0.15, 0.2) is 0 Å². The van der Waals surface area contributed by atoms with E-state index < -0.39 is 6.48 Å². The zero-order chi connectivity index (χ0) is 6.41. The summed E-state index contributed by atoms with van der Waals surface area (Å²) in [6.45, 7) is -5.15. The summed E-state index contributed by atoms with van der Waals surface area (Å²) in [7, 11) is 30.2. The van der Waals surface area contributed by atoms with Gasteiger partial charge in [0.1, 0.15) is 0 Å². The molecule has 0 saturated heterocycles. The maximum Gasteiger partial charge on any atom is 0 e. The van der Waals surface area contributed by atoms with E-state index in [4.69, 9.17) is 58.1 Å². The molecule has 0 N–H and O–H groups in total. The van der Waals surface area contributed by atoms with Gasteiger partial charge in [-0.3, -0.25) is 0 Å². The first-order valence-electron chi connectivity index (χ1n) is 0.756. The first kappa shape index (κ1) is 13.6. The maximum absolute atomic E-state index is 5.15. The summed E-state index contributed by atoms with van der Waals surface area (Å²) < 4.78 is 0. The van der Waals surface area contributed by atoms with Crippen LogP contribution in [0.4, 0.5) is 0 Å². The SMILES string of the molecule is [Cl][Rh]([Cl])([Cl])([Cl])([Cl])[Cl].[Rh]. The van der Waals surface area contributed by atoms with Crippen molar-refractivity contribution in [1.82, 2.24) is 0 Å². The van der Waals surface area contributed by atoms with Crippen LogP contribution in [0.25, 0.3) is 0 Å². The van der Waals surface area contributed by atoms with E-state index in [1.165, 1.54) is 0 Å². The van der Waals surface area contributed by atoms with Crippen LogP contribution in [0.1, 0.15) is 0 Å². The quantitative estimate of drug-likeness (QED) is 0.519. The van der Waals surface area contributed by atoms with Crippen molar-refractivity contribution in [1.29, 1.82) is 0 Å². The molecule has 0 unspecified atom stereocenters.